The van der Waals surface area contributed by atoms with Crippen molar-refractivity contribution in [2.24, 2.45) is 4.99 Å². The molecule has 2 rings (SSSR count). The van der Waals surface area contributed by atoms with Gasteiger partial charge in [-0.05, 0) is 42.3 Å². The molecule has 0 aliphatic carbocycles. The predicted octanol–water partition coefficient (Wildman–Crippen LogP) is 2.95. The smallest absolute Gasteiger partial charge is 0.191 e. The fraction of sp³-hybridized carbons (Fsp3) is 0.333. The maximum absolute atomic E-state index is 13.6. The molecule has 26 heavy (non-hydrogen) atoms. The number of pyridine rings is 1. The highest BCUT2D eigenvalue weighted by molar-refractivity contribution is 14.0. The largest absolute Gasteiger partial charge is 0.363 e. The van der Waals surface area contributed by atoms with Gasteiger partial charge in [0, 0.05) is 27.7 Å². The van der Waals surface area contributed by atoms with Crippen LogP contribution in [0.1, 0.15) is 11.3 Å². The van der Waals surface area contributed by atoms with Gasteiger partial charge in [-0.15, -0.1) is 24.0 Å². The molecule has 5 nitrogen and oxygen atoms in total. The molecule has 2 aromatic rings. The Morgan fingerprint density at radius 2 is 1.92 bits per heavy atom. The minimum Gasteiger partial charge on any atom is -0.363 e. The van der Waals surface area contributed by atoms with Gasteiger partial charge in [-0.1, -0.05) is 6.07 Å². The van der Waals surface area contributed by atoms with Gasteiger partial charge in [0.15, 0.2) is 5.96 Å². The van der Waals surface area contributed by atoms with Crippen molar-refractivity contribution in [3.8, 4) is 0 Å². The van der Waals surface area contributed by atoms with Crippen molar-refractivity contribution in [1.29, 1.82) is 0 Å². The van der Waals surface area contributed by atoms with Crippen LogP contribution in [0, 0.1) is 11.6 Å². The average molecular weight is 475 g/mol. The van der Waals surface area contributed by atoms with Crippen molar-refractivity contribution in [2.75, 3.05) is 32.6 Å². The summed E-state index contributed by atoms with van der Waals surface area (Å²) in [5.74, 6) is 0.610. The van der Waals surface area contributed by atoms with E-state index in [2.05, 4.69) is 20.6 Å². The molecular formula is C18H24F2IN5. The Labute approximate surface area is 169 Å². The van der Waals surface area contributed by atoms with Gasteiger partial charge < -0.3 is 15.5 Å². The highest BCUT2D eigenvalue weighted by Gasteiger charge is 2.05. The second-order valence-electron chi connectivity index (χ2n) is 5.72. The van der Waals surface area contributed by atoms with Crippen LogP contribution < -0.4 is 15.5 Å². The minimum atomic E-state index is -0.439. The van der Waals surface area contributed by atoms with Crippen molar-refractivity contribution >= 4 is 35.8 Å². The summed E-state index contributed by atoms with van der Waals surface area (Å²) in [6.07, 6.45) is 0.360. The lowest BCUT2D eigenvalue weighted by atomic mass is 10.1. The first-order chi connectivity index (χ1) is 12.0. The van der Waals surface area contributed by atoms with Crippen LogP contribution in [0.25, 0.3) is 0 Å². The normalized spacial score (nSPS) is 10.9. The van der Waals surface area contributed by atoms with E-state index in [1.54, 1.807) is 7.05 Å². The summed E-state index contributed by atoms with van der Waals surface area (Å²) in [5, 5.41) is 6.24. The summed E-state index contributed by atoms with van der Waals surface area (Å²) in [5.41, 5.74) is 1.22. The van der Waals surface area contributed by atoms with E-state index in [0.717, 1.165) is 23.6 Å². The van der Waals surface area contributed by atoms with Crippen LogP contribution in [0.4, 0.5) is 14.6 Å². The molecule has 1 aromatic carbocycles. The number of nitrogens with one attached hydrogen (secondary N) is 2. The summed E-state index contributed by atoms with van der Waals surface area (Å²) < 4.78 is 26.8. The monoisotopic (exact) mass is 475 g/mol. The Bertz CT molecular complexity index is 737. The van der Waals surface area contributed by atoms with Crippen molar-refractivity contribution in [3.05, 3.63) is 59.3 Å². The Hall–Kier alpha value is -1.97. The van der Waals surface area contributed by atoms with Gasteiger partial charge in [0.25, 0.3) is 0 Å². The molecule has 1 aromatic heterocycles. The molecular weight excluding hydrogens is 451 g/mol. The molecule has 0 aliphatic rings. The third kappa shape index (κ3) is 6.74. The van der Waals surface area contributed by atoms with Crippen LogP contribution >= 0.6 is 24.0 Å². The Kier molecular flexibility index (Phi) is 9.25. The van der Waals surface area contributed by atoms with E-state index in [0.29, 0.717) is 31.0 Å². The second-order valence-corrected chi connectivity index (χ2v) is 5.72. The predicted molar refractivity (Wildman–Crippen MR) is 112 cm³/mol. The van der Waals surface area contributed by atoms with E-state index < -0.39 is 11.6 Å². The molecule has 2 N–H and O–H groups in total. The SMILES string of the molecule is CN=C(NCCc1cc(F)ccc1F)NCc1cccc(N(C)C)n1.I. The standard InChI is InChI=1S/C18H23F2N5.HI/c1-21-18(22-10-9-13-11-14(19)7-8-16(13)20)23-12-15-5-4-6-17(24-15)25(2)3;/h4-8,11H,9-10,12H2,1-3H3,(H2,21,22,23);1H. The van der Waals surface area contributed by atoms with E-state index in [-0.39, 0.29) is 24.0 Å². The zero-order valence-corrected chi connectivity index (χ0v) is 17.4. The van der Waals surface area contributed by atoms with E-state index in [9.17, 15) is 8.78 Å². The fourth-order valence-electron chi connectivity index (χ4n) is 2.26. The topological polar surface area (TPSA) is 52.6 Å². The van der Waals surface area contributed by atoms with Gasteiger partial charge >= 0.3 is 0 Å². The molecule has 0 amide bonds. The summed E-state index contributed by atoms with van der Waals surface area (Å²) in [7, 11) is 5.53. The van der Waals surface area contributed by atoms with Crippen molar-refractivity contribution in [1.82, 2.24) is 15.6 Å². The average Bonchev–Trinajstić information content (AvgIpc) is 2.61. The molecule has 0 saturated carbocycles. The number of nitrogens with zero attached hydrogens (tertiary/aromatic N) is 3. The highest BCUT2D eigenvalue weighted by atomic mass is 127. The molecule has 0 atom stereocenters. The number of anilines is 1. The van der Waals surface area contributed by atoms with Gasteiger partial charge in [-0.2, -0.15) is 0 Å². The molecule has 8 heteroatoms. The van der Waals surface area contributed by atoms with Gasteiger partial charge in [0.2, 0.25) is 0 Å². The molecule has 0 spiro atoms. The third-order valence-electron chi connectivity index (χ3n) is 3.61. The third-order valence-corrected chi connectivity index (χ3v) is 3.61. The Balaban J connectivity index is 0.00000338. The first kappa shape index (κ1) is 22.1. The Morgan fingerprint density at radius 3 is 2.62 bits per heavy atom. The van der Waals surface area contributed by atoms with Gasteiger partial charge in [-0.3, -0.25) is 4.99 Å². The first-order valence-electron chi connectivity index (χ1n) is 8.01. The molecule has 0 radical (unpaired) electrons. The van der Waals surface area contributed by atoms with Crippen LogP contribution in [0.3, 0.4) is 0 Å². The molecule has 0 unspecified atom stereocenters. The van der Waals surface area contributed by atoms with Crippen LogP contribution in [-0.2, 0) is 13.0 Å². The van der Waals surface area contributed by atoms with E-state index in [1.165, 1.54) is 6.07 Å². The number of aromatic nitrogens is 1. The molecule has 142 valence electrons. The van der Waals surface area contributed by atoms with Gasteiger partial charge in [0.05, 0.1) is 12.2 Å². The number of aliphatic imine (C=N–C) groups is 1. The summed E-state index contributed by atoms with van der Waals surface area (Å²) in [6, 6.07) is 9.27. The summed E-state index contributed by atoms with van der Waals surface area (Å²) >= 11 is 0. The number of guanidine groups is 1. The maximum Gasteiger partial charge on any atom is 0.191 e. The van der Waals surface area contributed by atoms with Crippen LogP contribution in [-0.4, -0.2) is 38.6 Å². The van der Waals surface area contributed by atoms with Crippen LogP contribution in [0.2, 0.25) is 0 Å². The highest BCUT2D eigenvalue weighted by Crippen LogP contribution is 2.10. The lowest BCUT2D eigenvalue weighted by Crippen LogP contribution is -2.38. The molecule has 1 heterocycles. The van der Waals surface area contributed by atoms with Crippen LogP contribution in [0.15, 0.2) is 41.4 Å². The number of benzene rings is 1. The van der Waals surface area contributed by atoms with Crippen molar-refractivity contribution in [2.45, 2.75) is 13.0 Å². The lowest BCUT2D eigenvalue weighted by Gasteiger charge is -2.14. The first-order valence-corrected chi connectivity index (χ1v) is 8.01. The zero-order chi connectivity index (χ0) is 18.2. The van der Waals surface area contributed by atoms with Gasteiger partial charge in [-0.25, -0.2) is 13.8 Å². The number of halogens is 3. The molecule has 0 aliphatic heterocycles. The molecule has 0 bridgehead atoms. The summed E-state index contributed by atoms with van der Waals surface area (Å²) in [4.78, 5) is 10.6. The minimum absolute atomic E-state index is 0. The van der Waals surface area contributed by atoms with Gasteiger partial charge in [0.1, 0.15) is 17.5 Å². The Morgan fingerprint density at radius 1 is 1.15 bits per heavy atom. The van der Waals surface area contributed by atoms with E-state index in [4.69, 9.17) is 0 Å². The maximum atomic E-state index is 13.6. The van der Waals surface area contributed by atoms with Crippen LogP contribution in [0.5, 0.6) is 0 Å². The molecule has 0 fully saturated rings. The number of hydrogen-bond acceptors (Lipinski definition) is 3. The zero-order valence-electron chi connectivity index (χ0n) is 15.1. The van der Waals surface area contributed by atoms with Crippen molar-refractivity contribution in [3.63, 3.8) is 0 Å². The number of hydrogen-bond donors (Lipinski definition) is 2. The second kappa shape index (κ2) is 10.9. The quantitative estimate of drug-likeness (QED) is 0.384. The van der Waals surface area contributed by atoms with E-state index in [1.807, 2.05) is 37.2 Å². The lowest BCUT2D eigenvalue weighted by molar-refractivity contribution is 0.583. The summed E-state index contributed by atoms with van der Waals surface area (Å²) in [6.45, 7) is 0.945. The van der Waals surface area contributed by atoms with Crippen molar-refractivity contribution < 1.29 is 8.78 Å². The van der Waals surface area contributed by atoms with E-state index >= 15 is 0 Å². The fourth-order valence-corrected chi connectivity index (χ4v) is 2.26. The number of rotatable bonds is 6. The molecule has 0 saturated heterocycles.